The lowest BCUT2D eigenvalue weighted by Crippen LogP contribution is -2.75. The summed E-state index contributed by atoms with van der Waals surface area (Å²) in [6.07, 6.45) is -54.8. The largest absolute Gasteiger partial charge is 0.416 e. The number of rotatable bonds is 6. The number of pyridine rings is 1. The summed E-state index contributed by atoms with van der Waals surface area (Å²) < 4.78 is 343. The van der Waals surface area contributed by atoms with E-state index in [0.717, 1.165) is 17.2 Å². The molecule has 0 radical (unpaired) electrons. The number of benzene rings is 6. The van der Waals surface area contributed by atoms with Crippen LogP contribution in [0.1, 0.15) is 50.1 Å². The predicted molar refractivity (Wildman–Crippen MR) is 225 cm³/mol. The molecule has 1 heterocycles. The summed E-state index contributed by atoms with van der Waals surface area (Å²) in [5.41, 5.74) is -27.8. The topological polar surface area (TPSA) is 3.88 Å². The Bertz CT molecular complexity index is 2760. The molecule has 400 valence electrons. The van der Waals surface area contributed by atoms with Gasteiger partial charge in [-0.2, -0.15) is 132 Å². The van der Waals surface area contributed by atoms with Crippen LogP contribution in [-0.4, -0.2) is 6.15 Å². The maximum absolute atomic E-state index is 14.2. The lowest BCUT2D eigenvalue weighted by Gasteiger charge is -2.46. The molecule has 1 aromatic heterocycles. The Morgan fingerprint density at radius 1 is 0.307 bits per heavy atom. The Hall–Kier alpha value is -6.60. The van der Waals surface area contributed by atoms with Crippen LogP contribution in [0, 0.1) is 0 Å². The van der Waals surface area contributed by atoms with Crippen molar-refractivity contribution in [2.24, 2.45) is 0 Å². The SMILES string of the molecule is Clc1ccc2ccccc2[n+]1Cc1ccccc1.FC(F)(F)c1cc([B-](c2cc(C(F)(F)F)cc(C(F)(F)F)c2)(c2cc(C(F)(F)F)cc(C(F)(F)F)c2)c2cc(C(F)(F)F)cc(C(F)(F)F)c2)cc(C(F)(F)F)c1. The van der Waals surface area contributed by atoms with Crippen LogP contribution in [0.15, 0.2) is 140 Å². The molecule has 0 unspecified atom stereocenters. The average molecular weight is 1120 g/mol. The summed E-state index contributed by atoms with van der Waals surface area (Å²) in [7, 11) is 0. The zero-order chi connectivity index (χ0) is 56.3. The quantitative estimate of drug-likeness (QED) is 0.0676. The van der Waals surface area contributed by atoms with Gasteiger partial charge in [-0.05, 0) is 48.0 Å². The molecule has 27 heteroatoms. The van der Waals surface area contributed by atoms with Gasteiger partial charge in [0.1, 0.15) is 6.15 Å². The maximum atomic E-state index is 14.2. The molecule has 0 spiro atoms. The molecule has 7 rings (SSSR count). The minimum Gasteiger partial charge on any atom is -0.194 e. The second-order valence-corrected chi connectivity index (χ2v) is 16.9. The molecule has 0 aliphatic rings. The monoisotopic (exact) mass is 1120 g/mol. The minimum atomic E-state index is -6.13. The van der Waals surface area contributed by atoms with E-state index in [1.165, 1.54) is 10.9 Å². The van der Waals surface area contributed by atoms with Crippen molar-refractivity contribution in [2.75, 3.05) is 0 Å². The second-order valence-electron chi connectivity index (χ2n) is 16.5. The number of alkyl halides is 24. The van der Waals surface area contributed by atoms with Crippen molar-refractivity contribution in [1.29, 1.82) is 0 Å². The van der Waals surface area contributed by atoms with Crippen LogP contribution in [0.3, 0.4) is 0 Å². The molecule has 0 amide bonds. The number of nitrogens with zero attached hydrogens (tertiary/aromatic N) is 1. The second kappa shape index (κ2) is 19.8. The van der Waals surface area contributed by atoms with E-state index in [2.05, 4.69) is 47.0 Å². The molecule has 0 saturated heterocycles. The highest BCUT2D eigenvalue weighted by Gasteiger charge is 2.47. The van der Waals surface area contributed by atoms with Crippen LogP contribution in [-0.2, 0) is 56.0 Å². The molecule has 0 N–H and O–H groups in total. The Morgan fingerprint density at radius 2 is 0.560 bits per heavy atom. The van der Waals surface area contributed by atoms with Gasteiger partial charge in [-0.3, -0.25) is 0 Å². The first-order valence-electron chi connectivity index (χ1n) is 20.6. The Morgan fingerprint density at radius 3 is 0.827 bits per heavy atom. The summed E-state index contributed by atoms with van der Waals surface area (Å²) in [6.45, 7) is 0.793. The fourth-order valence-corrected chi connectivity index (χ4v) is 8.45. The van der Waals surface area contributed by atoms with E-state index < -0.39 is 195 Å². The molecule has 75 heavy (non-hydrogen) atoms. The van der Waals surface area contributed by atoms with E-state index in [-0.39, 0.29) is 0 Å². The smallest absolute Gasteiger partial charge is 0.194 e. The summed E-state index contributed by atoms with van der Waals surface area (Å²) in [6, 6.07) is 13.8. The van der Waals surface area contributed by atoms with Crippen LogP contribution in [0.25, 0.3) is 10.9 Å². The summed E-state index contributed by atoms with van der Waals surface area (Å²) >= 11 is 6.32. The highest BCUT2D eigenvalue weighted by atomic mass is 35.5. The van der Waals surface area contributed by atoms with E-state index >= 15 is 0 Å². The molecule has 0 bridgehead atoms. The molecule has 6 aromatic carbocycles. The number of aromatic nitrogens is 1. The van der Waals surface area contributed by atoms with Gasteiger partial charge in [0.15, 0.2) is 6.54 Å². The standard InChI is InChI=1S/C32H12BF24.C16H13ClN/c34-25(35,36)13-1-14(26(37,38)39)6-21(5-13)33(22-7-15(27(40,41)42)2-16(8-22)28(43,44)45,23-9-17(29(46,47)48)3-18(10-23)30(49,50)51)24-11-19(31(52,53)54)4-20(12-24)32(55,56)57;17-16-11-10-14-8-4-5-9-15(14)18(16)12-13-6-2-1-3-7-13/h1-12H;1-11H,12H2/q-1;+1. The zero-order valence-corrected chi connectivity index (χ0v) is 37.2. The first-order chi connectivity index (χ1) is 34.1. The van der Waals surface area contributed by atoms with Gasteiger partial charge < -0.3 is 0 Å². The zero-order valence-electron chi connectivity index (χ0n) is 36.5. The fourth-order valence-electron chi connectivity index (χ4n) is 8.24. The molecule has 1 nitrogen and oxygen atoms in total. The number of hydrogen-bond acceptors (Lipinski definition) is 0. The third-order valence-corrected chi connectivity index (χ3v) is 11.8. The first kappa shape index (κ1) is 57.7. The van der Waals surface area contributed by atoms with Crippen molar-refractivity contribution in [1.82, 2.24) is 0 Å². The Balaban J connectivity index is 0.000000421. The van der Waals surface area contributed by atoms with Crippen LogP contribution < -0.4 is 26.4 Å². The third kappa shape index (κ3) is 12.9. The van der Waals surface area contributed by atoms with Gasteiger partial charge in [0.05, 0.1) is 44.5 Å². The van der Waals surface area contributed by atoms with Gasteiger partial charge in [0, 0.05) is 23.1 Å². The van der Waals surface area contributed by atoms with Crippen molar-refractivity contribution in [3.05, 3.63) is 195 Å². The first-order valence-corrected chi connectivity index (χ1v) is 21.0. The maximum Gasteiger partial charge on any atom is 0.416 e. The van der Waals surface area contributed by atoms with E-state index in [9.17, 15) is 105 Å². The van der Waals surface area contributed by atoms with Crippen molar-refractivity contribution >= 4 is 50.5 Å². The average Bonchev–Trinajstić information content (AvgIpc) is 3.28. The van der Waals surface area contributed by atoms with E-state index in [0.29, 0.717) is 0 Å². The number of fused-ring (bicyclic) bond motifs is 1. The van der Waals surface area contributed by atoms with E-state index in [4.69, 9.17) is 11.6 Å². The number of para-hydroxylation sites is 1. The van der Waals surface area contributed by atoms with Gasteiger partial charge in [-0.15, -0.1) is 0 Å². The van der Waals surface area contributed by atoms with E-state index in [1.54, 1.807) is 0 Å². The van der Waals surface area contributed by atoms with Crippen molar-refractivity contribution in [3.63, 3.8) is 0 Å². The minimum absolute atomic E-state index is 0.691. The van der Waals surface area contributed by atoms with Gasteiger partial charge in [-0.1, -0.05) is 91.0 Å². The Labute approximate surface area is 410 Å². The van der Waals surface area contributed by atoms with Gasteiger partial charge in [-0.25, -0.2) is 0 Å². The fraction of sp³-hybridized carbons (Fsp3) is 0.188. The van der Waals surface area contributed by atoms with Crippen molar-refractivity contribution in [3.8, 4) is 0 Å². The molecule has 0 saturated carbocycles. The van der Waals surface area contributed by atoms with Crippen LogP contribution in [0.2, 0.25) is 5.15 Å². The molecular weight excluding hydrogens is 1090 g/mol. The molecular formula is C48H25BClF24N. The highest BCUT2D eigenvalue weighted by molar-refractivity contribution is 7.20. The molecule has 0 aliphatic carbocycles. The van der Waals surface area contributed by atoms with Gasteiger partial charge >= 0.3 is 49.4 Å². The Kier molecular flexibility index (Phi) is 15.3. The molecule has 0 atom stereocenters. The van der Waals surface area contributed by atoms with Crippen LogP contribution in [0.5, 0.6) is 0 Å². The van der Waals surface area contributed by atoms with E-state index in [1.807, 2.05) is 24.3 Å². The van der Waals surface area contributed by atoms with Gasteiger partial charge in [0.2, 0.25) is 5.52 Å². The normalized spacial score (nSPS) is 13.5. The molecule has 7 aromatic rings. The highest BCUT2D eigenvalue weighted by Crippen LogP contribution is 2.41. The summed E-state index contributed by atoms with van der Waals surface area (Å²) in [5, 5.41) is 1.97. The van der Waals surface area contributed by atoms with Crippen LogP contribution in [0.4, 0.5) is 105 Å². The number of hydrogen-bond donors (Lipinski definition) is 0. The summed E-state index contributed by atoms with van der Waals surface area (Å²) in [4.78, 5) is 0. The van der Waals surface area contributed by atoms with Crippen molar-refractivity contribution in [2.45, 2.75) is 56.0 Å². The lowest BCUT2D eigenvalue weighted by molar-refractivity contribution is -0.660. The predicted octanol–water partition coefficient (Wildman–Crippen LogP) is 15.0. The van der Waals surface area contributed by atoms with Crippen LogP contribution >= 0.6 is 11.6 Å². The molecule has 0 aliphatic heterocycles. The van der Waals surface area contributed by atoms with Gasteiger partial charge in [0.25, 0.3) is 5.15 Å². The lowest BCUT2D eigenvalue weighted by atomic mass is 9.12. The molecule has 0 fully saturated rings. The summed E-state index contributed by atoms with van der Waals surface area (Å²) in [5.74, 6) is 0. The number of halogens is 25. The third-order valence-electron chi connectivity index (χ3n) is 11.5. The van der Waals surface area contributed by atoms with Crippen molar-refractivity contribution < 1.29 is 110 Å².